The number of fused-ring (bicyclic) bond motifs is 2. The lowest BCUT2D eigenvalue weighted by molar-refractivity contribution is -0.128. The van der Waals surface area contributed by atoms with Crippen molar-refractivity contribution < 1.29 is 14.3 Å². The number of carbonyl (C=O) groups is 1. The highest BCUT2D eigenvalue weighted by Crippen LogP contribution is 2.38. The van der Waals surface area contributed by atoms with Gasteiger partial charge < -0.3 is 33.9 Å². The number of carbonyl (C=O) groups excluding carboxylic acids is 1. The predicted molar refractivity (Wildman–Crippen MR) is 180 cm³/mol. The average Bonchev–Trinajstić information content (AvgIpc) is 3.47. The molecule has 1 unspecified atom stereocenters. The highest BCUT2D eigenvalue weighted by molar-refractivity contribution is 5.89. The Kier molecular flexibility index (Phi) is 9.83. The number of aryl methyl sites for hydroxylation is 1. The van der Waals surface area contributed by atoms with Gasteiger partial charge in [-0.15, -0.1) is 0 Å². The fourth-order valence-electron chi connectivity index (χ4n) is 7.01. The molecule has 3 aliphatic rings. The number of hydrogen-bond donors (Lipinski definition) is 0. The minimum absolute atomic E-state index is 0.0545. The second kappa shape index (κ2) is 14.2. The van der Waals surface area contributed by atoms with Crippen LogP contribution in [0.2, 0.25) is 0 Å². The molecule has 3 aromatic rings. The number of likely N-dealkylation sites (tertiary alicyclic amines) is 1. The van der Waals surface area contributed by atoms with Gasteiger partial charge in [0.05, 0.1) is 18.4 Å². The molecule has 1 aromatic heterocycles. The van der Waals surface area contributed by atoms with E-state index in [0.717, 1.165) is 30.0 Å². The lowest BCUT2D eigenvalue weighted by atomic mass is 9.92. The first-order chi connectivity index (χ1) is 22.3. The van der Waals surface area contributed by atoms with Crippen molar-refractivity contribution in [2.75, 3.05) is 71.9 Å². The van der Waals surface area contributed by atoms with Gasteiger partial charge in [0.1, 0.15) is 18.5 Å². The molecule has 0 spiro atoms. The number of likely N-dealkylation sites (N-methyl/N-ethyl adjacent to an activating group) is 2. The predicted octanol–water partition coefficient (Wildman–Crippen LogP) is 4.28. The van der Waals surface area contributed by atoms with Gasteiger partial charge in [0.15, 0.2) is 0 Å². The third kappa shape index (κ3) is 6.87. The molecule has 3 atom stereocenters. The van der Waals surface area contributed by atoms with Gasteiger partial charge >= 0.3 is 6.01 Å². The van der Waals surface area contributed by atoms with Crippen molar-refractivity contribution in [3.63, 3.8) is 0 Å². The van der Waals surface area contributed by atoms with E-state index in [4.69, 9.17) is 26.0 Å². The van der Waals surface area contributed by atoms with Gasteiger partial charge in [-0.2, -0.15) is 9.97 Å². The van der Waals surface area contributed by atoms with Crippen molar-refractivity contribution in [3.8, 4) is 6.01 Å². The van der Waals surface area contributed by atoms with Crippen molar-refractivity contribution in [1.29, 1.82) is 0 Å². The molecule has 0 aliphatic carbocycles. The summed E-state index contributed by atoms with van der Waals surface area (Å²) < 4.78 is 12.9. The van der Waals surface area contributed by atoms with Gasteiger partial charge in [-0.3, -0.25) is 4.79 Å². The van der Waals surface area contributed by atoms with E-state index >= 15 is 0 Å². The Labute approximate surface area is 272 Å². The van der Waals surface area contributed by atoms with Crippen LogP contribution in [0.1, 0.15) is 41.3 Å². The van der Waals surface area contributed by atoms with E-state index in [-0.39, 0.29) is 24.6 Å². The Balaban J connectivity index is 1.30. The molecule has 1 amide bonds. The quantitative estimate of drug-likeness (QED) is 0.258. The molecule has 0 N–H and O–H groups in total. The largest absolute Gasteiger partial charge is 0.462 e. The van der Waals surface area contributed by atoms with Gasteiger partial charge in [0.25, 0.3) is 0 Å². The molecular weight excluding hydrogens is 578 g/mol. The number of rotatable bonds is 9. The maximum atomic E-state index is 13.1. The van der Waals surface area contributed by atoms with Crippen molar-refractivity contribution in [2.45, 2.75) is 51.0 Å². The summed E-state index contributed by atoms with van der Waals surface area (Å²) in [6.07, 6.45) is 6.24. The molecule has 3 aliphatic heterocycles. The Bertz CT molecular complexity index is 1630. The Morgan fingerprint density at radius 2 is 1.98 bits per heavy atom. The summed E-state index contributed by atoms with van der Waals surface area (Å²) in [5.74, 6) is 0.735. The summed E-state index contributed by atoms with van der Waals surface area (Å²) in [5.41, 5.74) is 4.30. The minimum Gasteiger partial charge on any atom is -0.462 e. The van der Waals surface area contributed by atoms with E-state index in [9.17, 15) is 4.79 Å². The third-order valence-electron chi connectivity index (χ3n) is 9.52. The number of ether oxygens (including phenoxy) is 2. The van der Waals surface area contributed by atoms with Crippen LogP contribution < -0.4 is 9.64 Å². The SMILES string of the molecule is [C-]#[N+]C[C@H]1CN(c2nc(OC[C@@H]3CCCN3C)nc3c2COC(c2cccc4cccc(C)c24)C3)CCN1C(=O)/C=C/CN(C)C. The van der Waals surface area contributed by atoms with E-state index in [2.05, 4.69) is 65.0 Å². The van der Waals surface area contributed by atoms with Crippen LogP contribution in [0, 0.1) is 13.5 Å². The van der Waals surface area contributed by atoms with Crippen LogP contribution in [0.25, 0.3) is 15.6 Å². The smallest absolute Gasteiger partial charge is 0.318 e. The standard InChI is InChI=1S/C36H45N7O3/c1-25-10-6-11-26-12-7-14-29(34(25)26)32-20-31-30(24-45-32)35(39-36(38-31)46-23-27-13-8-17-41(27)5)42-18-19-43(28(22-42)21-37-2)33(44)15-9-16-40(3)4/h6-7,9-12,14-15,27-28,32H,8,13,16-24H2,1,3-5H3/b15-9+/t27-,28-,32?/m0/s1. The Hall–Kier alpha value is -4.04. The second-order valence-corrected chi connectivity index (χ2v) is 13.0. The van der Waals surface area contributed by atoms with E-state index in [1.54, 1.807) is 6.08 Å². The summed E-state index contributed by atoms with van der Waals surface area (Å²) in [6, 6.07) is 13.3. The normalized spacial score (nSPS) is 22.0. The number of aromatic nitrogens is 2. The van der Waals surface area contributed by atoms with Crippen molar-refractivity contribution in [3.05, 3.63) is 82.4 Å². The molecule has 0 radical (unpaired) electrons. The molecule has 10 heteroatoms. The minimum atomic E-state index is -0.249. The number of amides is 1. The van der Waals surface area contributed by atoms with Crippen LogP contribution in [-0.4, -0.2) is 110 Å². The maximum Gasteiger partial charge on any atom is 0.318 e. The van der Waals surface area contributed by atoms with Crippen LogP contribution in [0.5, 0.6) is 6.01 Å². The summed E-state index contributed by atoms with van der Waals surface area (Å²) >= 11 is 0. The molecular formula is C36H45N7O3. The molecule has 242 valence electrons. The van der Waals surface area contributed by atoms with Gasteiger partial charge in [0, 0.05) is 50.3 Å². The number of nitrogens with zero attached hydrogens (tertiary/aromatic N) is 7. The summed E-state index contributed by atoms with van der Waals surface area (Å²) in [5, 5.41) is 2.44. The third-order valence-corrected chi connectivity index (χ3v) is 9.52. The Morgan fingerprint density at radius 1 is 1.15 bits per heavy atom. The zero-order chi connectivity index (χ0) is 32.2. The number of anilines is 1. The first-order valence-electron chi connectivity index (χ1n) is 16.3. The van der Waals surface area contributed by atoms with Crippen molar-refractivity contribution >= 4 is 22.5 Å². The fourth-order valence-corrected chi connectivity index (χ4v) is 7.01. The topological polar surface area (TPSA) is 78.6 Å². The molecule has 2 aromatic carbocycles. The number of hydrogen-bond acceptors (Lipinski definition) is 8. The first-order valence-corrected chi connectivity index (χ1v) is 16.3. The van der Waals surface area contributed by atoms with Gasteiger partial charge in [-0.05, 0) is 69.4 Å². The molecule has 2 saturated heterocycles. The van der Waals surface area contributed by atoms with Crippen molar-refractivity contribution in [1.82, 2.24) is 24.7 Å². The van der Waals surface area contributed by atoms with Gasteiger partial charge in [0.2, 0.25) is 12.5 Å². The average molecular weight is 624 g/mol. The zero-order valence-electron chi connectivity index (χ0n) is 27.5. The maximum absolute atomic E-state index is 13.1. The first kappa shape index (κ1) is 31.9. The van der Waals surface area contributed by atoms with Crippen molar-refractivity contribution in [2.24, 2.45) is 0 Å². The molecule has 0 saturated carbocycles. The van der Waals surface area contributed by atoms with Crippen LogP contribution in [0.4, 0.5) is 5.82 Å². The van der Waals surface area contributed by atoms with Crippen LogP contribution >= 0.6 is 0 Å². The summed E-state index contributed by atoms with van der Waals surface area (Å²) in [4.78, 5) is 35.2. The highest BCUT2D eigenvalue weighted by Gasteiger charge is 2.36. The zero-order valence-corrected chi connectivity index (χ0v) is 27.5. The summed E-state index contributed by atoms with van der Waals surface area (Å²) in [7, 11) is 6.08. The molecule has 0 bridgehead atoms. The highest BCUT2D eigenvalue weighted by atomic mass is 16.5. The lowest BCUT2D eigenvalue weighted by Gasteiger charge is -2.40. The second-order valence-electron chi connectivity index (χ2n) is 13.0. The molecule has 6 rings (SSSR count). The van der Waals surface area contributed by atoms with E-state index in [1.807, 2.05) is 30.0 Å². The summed E-state index contributed by atoms with van der Waals surface area (Å²) in [6.45, 7) is 14.3. The van der Waals surface area contributed by atoms with Gasteiger partial charge in [-0.1, -0.05) is 42.5 Å². The van der Waals surface area contributed by atoms with E-state index < -0.39 is 0 Å². The monoisotopic (exact) mass is 623 g/mol. The fraction of sp³-hybridized carbons (Fsp3) is 0.500. The van der Waals surface area contributed by atoms with Crippen LogP contribution in [-0.2, 0) is 22.6 Å². The molecule has 46 heavy (non-hydrogen) atoms. The Morgan fingerprint density at radius 3 is 2.74 bits per heavy atom. The molecule has 2 fully saturated rings. The van der Waals surface area contributed by atoms with Crippen LogP contribution in [0.3, 0.4) is 0 Å². The van der Waals surface area contributed by atoms with E-state index in [1.165, 1.54) is 28.3 Å². The molecule has 4 heterocycles. The van der Waals surface area contributed by atoms with E-state index in [0.29, 0.717) is 57.9 Å². The lowest BCUT2D eigenvalue weighted by Crippen LogP contribution is -2.56. The number of benzene rings is 2. The van der Waals surface area contributed by atoms with Gasteiger partial charge in [-0.25, -0.2) is 6.57 Å². The number of piperazine rings is 1. The van der Waals surface area contributed by atoms with Crippen LogP contribution in [0.15, 0.2) is 48.6 Å². The molecule has 10 nitrogen and oxygen atoms in total.